The number of nitrogens with one attached hydrogen (secondary N) is 2. The molecule has 0 amide bonds. The maximum atomic E-state index is 11.5. The molecular formula is C19H27N3O2. The van der Waals surface area contributed by atoms with E-state index in [1.165, 1.54) is 5.57 Å². The number of hydrogen-bond acceptors (Lipinski definition) is 4. The molecule has 1 atom stereocenters. The predicted molar refractivity (Wildman–Crippen MR) is 96.8 cm³/mol. The lowest BCUT2D eigenvalue weighted by molar-refractivity contribution is 0.0807. The van der Waals surface area contributed by atoms with Crippen molar-refractivity contribution >= 4 is 5.70 Å². The van der Waals surface area contributed by atoms with Crippen LogP contribution in [0.2, 0.25) is 0 Å². The average molecular weight is 329 g/mol. The molecular weight excluding hydrogens is 302 g/mol. The molecule has 5 nitrogen and oxygen atoms in total. The fourth-order valence-electron chi connectivity index (χ4n) is 3.52. The number of aromatic amines is 1. The molecule has 0 aromatic carbocycles. The monoisotopic (exact) mass is 329 g/mol. The third-order valence-electron chi connectivity index (χ3n) is 4.96. The highest BCUT2D eigenvalue weighted by Crippen LogP contribution is 2.25. The summed E-state index contributed by atoms with van der Waals surface area (Å²) >= 11 is 0. The molecule has 1 aromatic heterocycles. The van der Waals surface area contributed by atoms with Gasteiger partial charge in [-0.1, -0.05) is 19.1 Å². The number of hydrogen-bond donors (Lipinski definition) is 3. The van der Waals surface area contributed by atoms with Crippen LogP contribution >= 0.6 is 0 Å². The summed E-state index contributed by atoms with van der Waals surface area (Å²) in [4.78, 5) is 16.8. The molecule has 2 aliphatic rings. The van der Waals surface area contributed by atoms with Crippen LogP contribution in [0.1, 0.15) is 37.4 Å². The van der Waals surface area contributed by atoms with Crippen LogP contribution in [-0.4, -0.2) is 46.8 Å². The zero-order chi connectivity index (χ0) is 17.1. The van der Waals surface area contributed by atoms with Gasteiger partial charge in [0.15, 0.2) is 0 Å². The van der Waals surface area contributed by atoms with Crippen LogP contribution in [-0.2, 0) is 0 Å². The first-order chi connectivity index (χ1) is 11.6. The number of aromatic nitrogens is 1. The second kappa shape index (κ2) is 7.36. The number of piperidine rings is 1. The van der Waals surface area contributed by atoms with Gasteiger partial charge in [-0.3, -0.25) is 4.79 Å². The molecule has 0 saturated carbocycles. The largest absolute Gasteiger partial charge is 0.393 e. The lowest BCUT2D eigenvalue weighted by Crippen LogP contribution is -2.44. The van der Waals surface area contributed by atoms with E-state index < -0.39 is 0 Å². The molecule has 3 rings (SSSR count). The molecule has 0 spiro atoms. The first-order valence-corrected chi connectivity index (χ1v) is 8.85. The summed E-state index contributed by atoms with van der Waals surface area (Å²) in [5, 5.41) is 13.3. The van der Waals surface area contributed by atoms with Gasteiger partial charge in [0.25, 0.3) is 0 Å². The van der Waals surface area contributed by atoms with Crippen molar-refractivity contribution in [3.05, 3.63) is 51.5 Å². The van der Waals surface area contributed by atoms with Gasteiger partial charge in [-0.05, 0) is 37.8 Å². The third kappa shape index (κ3) is 3.79. The fraction of sp³-hybridized carbons (Fsp3) is 0.526. The Labute approximate surface area is 143 Å². The molecule has 2 aliphatic heterocycles. The van der Waals surface area contributed by atoms with Gasteiger partial charge in [0, 0.05) is 42.7 Å². The fourth-order valence-corrected chi connectivity index (χ4v) is 3.52. The second-order valence-electron chi connectivity index (χ2n) is 6.76. The van der Waals surface area contributed by atoms with Crippen molar-refractivity contribution in [2.45, 2.75) is 45.3 Å². The van der Waals surface area contributed by atoms with Crippen LogP contribution in [0.4, 0.5) is 0 Å². The topological polar surface area (TPSA) is 68.4 Å². The summed E-state index contributed by atoms with van der Waals surface area (Å²) in [6.45, 7) is 6.92. The Kier molecular flexibility index (Phi) is 5.21. The summed E-state index contributed by atoms with van der Waals surface area (Å²) < 4.78 is 0. The van der Waals surface area contributed by atoms with Crippen LogP contribution < -0.4 is 10.9 Å². The Balaban J connectivity index is 1.76. The highest BCUT2D eigenvalue weighted by Gasteiger charge is 2.22. The third-order valence-corrected chi connectivity index (χ3v) is 4.96. The lowest BCUT2D eigenvalue weighted by Gasteiger charge is -2.34. The number of dihydropyridines is 1. The van der Waals surface area contributed by atoms with E-state index in [-0.39, 0.29) is 17.7 Å². The summed E-state index contributed by atoms with van der Waals surface area (Å²) in [5.41, 5.74) is 4.27. The SMILES string of the molecule is CCC1=C(c2ccc(=O)[nH]c2C)NC(CN2CCC(O)CC2)C=C1. The molecule has 0 bridgehead atoms. The molecule has 1 saturated heterocycles. The summed E-state index contributed by atoms with van der Waals surface area (Å²) in [6.07, 6.45) is 6.97. The van der Waals surface area contributed by atoms with E-state index in [1.54, 1.807) is 6.07 Å². The van der Waals surface area contributed by atoms with Gasteiger partial charge >= 0.3 is 0 Å². The van der Waals surface area contributed by atoms with E-state index in [4.69, 9.17) is 0 Å². The predicted octanol–water partition coefficient (Wildman–Crippen LogP) is 1.79. The number of aryl methyl sites for hydroxylation is 1. The lowest BCUT2D eigenvalue weighted by atomic mass is 9.97. The van der Waals surface area contributed by atoms with E-state index in [1.807, 2.05) is 13.0 Å². The van der Waals surface area contributed by atoms with Gasteiger partial charge < -0.3 is 20.3 Å². The van der Waals surface area contributed by atoms with Crippen LogP contribution in [0.5, 0.6) is 0 Å². The van der Waals surface area contributed by atoms with Gasteiger partial charge in [-0.2, -0.15) is 0 Å². The van der Waals surface area contributed by atoms with Crippen molar-refractivity contribution in [1.82, 2.24) is 15.2 Å². The number of nitrogens with zero attached hydrogens (tertiary/aromatic N) is 1. The molecule has 1 unspecified atom stereocenters. The molecule has 130 valence electrons. The van der Waals surface area contributed by atoms with E-state index >= 15 is 0 Å². The molecule has 3 N–H and O–H groups in total. The van der Waals surface area contributed by atoms with E-state index in [2.05, 4.69) is 34.3 Å². The smallest absolute Gasteiger partial charge is 0.248 e. The Morgan fingerprint density at radius 2 is 2.04 bits per heavy atom. The molecule has 3 heterocycles. The second-order valence-corrected chi connectivity index (χ2v) is 6.76. The Morgan fingerprint density at radius 3 is 2.71 bits per heavy atom. The Bertz CT molecular complexity index is 697. The first kappa shape index (κ1) is 17.0. The molecule has 0 radical (unpaired) electrons. The Morgan fingerprint density at radius 1 is 1.29 bits per heavy atom. The summed E-state index contributed by atoms with van der Waals surface area (Å²) in [6, 6.07) is 3.74. The van der Waals surface area contributed by atoms with Gasteiger partial charge in [-0.15, -0.1) is 0 Å². The molecule has 1 aromatic rings. The molecule has 1 fully saturated rings. The van der Waals surface area contributed by atoms with Crippen molar-refractivity contribution in [2.75, 3.05) is 19.6 Å². The zero-order valence-corrected chi connectivity index (χ0v) is 14.5. The normalized spacial score (nSPS) is 22.7. The maximum absolute atomic E-state index is 11.5. The van der Waals surface area contributed by atoms with Crippen molar-refractivity contribution < 1.29 is 5.11 Å². The minimum Gasteiger partial charge on any atom is -0.393 e. The van der Waals surface area contributed by atoms with Gasteiger partial charge in [0.2, 0.25) is 5.56 Å². The molecule has 24 heavy (non-hydrogen) atoms. The van der Waals surface area contributed by atoms with Gasteiger partial charge in [0.1, 0.15) is 0 Å². The molecule has 0 aliphatic carbocycles. The number of aliphatic hydroxyl groups excluding tert-OH is 1. The number of H-pyrrole nitrogens is 1. The number of likely N-dealkylation sites (tertiary alicyclic amines) is 1. The number of rotatable bonds is 4. The highest BCUT2D eigenvalue weighted by molar-refractivity contribution is 5.72. The van der Waals surface area contributed by atoms with Crippen LogP contribution in [0.3, 0.4) is 0 Å². The van der Waals surface area contributed by atoms with Crippen molar-refractivity contribution in [3.8, 4) is 0 Å². The summed E-state index contributed by atoms with van der Waals surface area (Å²) in [5.74, 6) is 0. The van der Waals surface area contributed by atoms with Gasteiger partial charge in [-0.25, -0.2) is 0 Å². The first-order valence-electron chi connectivity index (χ1n) is 8.85. The van der Waals surface area contributed by atoms with Crippen LogP contribution in [0.15, 0.2) is 34.7 Å². The average Bonchev–Trinajstić information content (AvgIpc) is 2.57. The van der Waals surface area contributed by atoms with E-state index in [0.717, 1.165) is 55.9 Å². The van der Waals surface area contributed by atoms with Gasteiger partial charge in [0.05, 0.1) is 12.1 Å². The minimum atomic E-state index is -0.137. The minimum absolute atomic E-state index is 0.0651. The van der Waals surface area contributed by atoms with Crippen molar-refractivity contribution in [1.29, 1.82) is 0 Å². The number of pyridine rings is 1. The number of allylic oxidation sites excluding steroid dienone is 2. The highest BCUT2D eigenvalue weighted by atomic mass is 16.3. The summed E-state index contributed by atoms with van der Waals surface area (Å²) in [7, 11) is 0. The van der Waals surface area contributed by atoms with Crippen molar-refractivity contribution in [2.24, 2.45) is 0 Å². The maximum Gasteiger partial charge on any atom is 0.248 e. The van der Waals surface area contributed by atoms with Crippen molar-refractivity contribution in [3.63, 3.8) is 0 Å². The van der Waals surface area contributed by atoms with E-state index in [0.29, 0.717) is 0 Å². The standard InChI is InChI=1S/C19H27N3O2/c1-3-14-4-5-15(12-22-10-8-16(23)9-11-22)21-19(14)17-6-7-18(24)20-13(17)2/h4-7,15-16,21,23H,3,8-12H2,1-2H3,(H,20,24). The zero-order valence-electron chi connectivity index (χ0n) is 14.5. The van der Waals surface area contributed by atoms with Crippen LogP contribution in [0, 0.1) is 6.92 Å². The van der Waals surface area contributed by atoms with E-state index in [9.17, 15) is 9.90 Å². The number of aliphatic hydroxyl groups is 1. The van der Waals surface area contributed by atoms with Crippen LogP contribution in [0.25, 0.3) is 5.70 Å². The molecule has 5 heteroatoms. The Hall–Kier alpha value is -1.85. The quantitative estimate of drug-likeness (QED) is 0.788.